The number of nitrogens with one attached hydrogen (secondary N) is 2. The number of nitrogens with zero attached hydrogens (tertiary/aromatic N) is 4. The summed E-state index contributed by atoms with van der Waals surface area (Å²) in [5, 5.41) is 11.2. The zero-order chi connectivity index (χ0) is 25.3. The van der Waals surface area contributed by atoms with Gasteiger partial charge in [-0.1, -0.05) is 39.9 Å². The van der Waals surface area contributed by atoms with E-state index in [1.165, 1.54) is 6.07 Å². The first-order chi connectivity index (χ1) is 17.6. The molecule has 0 bridgehead atoms. The van der Waals surface area contributed by atoms with Crippen molar-refractivity contribution in [1.29, 1.82) is 0 Å². The summed E-state index contributed by atoms with van der Waals surface area (Å²) >= 11 is 2.35. The number of nitrogen functional groups attached to an aromatic ring is 1. The van der Waals surface area contributed by atoms with Crippen LogP contribution in [0.1, 0.15) is 34.9 Å². The molecule has 3 aromatic rings. The van der Waals surface area contributed by atoms with Gasteiger partial charge in [0, 0.05) is 60.5 Å². The SMILES string of the molecule is Cc1nc(N)nc2c1/C(=N/OCCNCCNCCI)CC(c1ccc(F)cc1-c1cccnc1)C2. The molecule has 0 aliphatic heterocycles. The highest BCUT2D eigenvalue weighted by Crippen LogP contribution is 2.38. The number of oxime groups is 1. The van der Waals surface area contributed by atoms with Crippen LogP contribution in [0.25, 0.3) is 11.1 Å². The molecule has 8 nitrogen and oxygen atoms in total. The van der Waals surface area contributed by atoms with Crippen molar-refractivity contribution >= 4 is 34.3 Å². The van der Waals surface area contributed by atoms with E-state index < -0.39 is 0 Å². The Morgan fingerprint density at radius 3 is 2.75 bits per heavy atom. The zero-order valence-electron chi connectivity index (χ0n) is 20.3. The molecule has 2 heterocycles. The average molecular weight is 603 g/mol. The monoisotopic (exact) mass is 603 g/mol. The number of rotatable bonds is 11. The lowest BCUT2D eigenvalue weighted by Crippen LogP contribution is -2.30. The number of pyridine rings is 1. The largest absolute Gasteiger partial charge is 0.394 e. The van der Waals surface area contributed by atoms with Gasteiger partial charge < -0.3 is 21.2 Å². The number of aromatic nitrogens is 3. The number of hydrogen-bond donors (Lipinski definition) is 3. The molecule has 0 saturated carbocycles. The normalized spacial score (nSPS) is 16.2. The number of halogens is 2. The van der Waals surface area contributed by atoms with Gasteiger partial charge in [-0.25, -0.2) is 14.4 Å². The Bertz CT molecular complexity index is 1190. The van der Waals surface area contributed by atoms with Crippen LogP contribution in [0.2, 0.25) is 0 Å². The van der Waals surface area contributed by atoms with E-state index in [0.717, 1.165) is 63.4 Å². The van der Waals surface area contributed by atoms with Crippen LogP contribution in [0.3, 0.4) is 0 Å². The van der Waals surface area contributed by atoms with Gasteiger partial charge in [0.25, 0.3) is 0 Å². The Balaban J connectivity index is 1.55. The van der Waals surface area contributed by atoms with Gasteiger partial charge in [0.1, 0.15) is 12.4 Å². The van der Waals surface area contributed by atoms with Crippen LogP contribution in [0.5, 0.6) is 0 Å². The van der Waals surface area contributed by atoms with Gasteiger partial charge in [-0.15, -0.1) is 0 Å². The predicted octanol–water partition coefficient (Wildman–Crippen LogP) is 3.63. The number of anilines is 1. The van der Waals surface area contributed by atoms with Crippen molar-refractivity contribution in [3.05, 3.63) is 71.1 Å². The van der Waals surface area contributed by atoms with Crippen LogP contribution >= 0.6 is 22.6 Å². The Morgan fingerprint density at radius 1 is 1.14 bits per heavy atom. The highest BCUT2D eigenvalue weighted by molar-refractivity contribution is 14.1. The van der Waals surface area contributed by atoms with Crippen molar-refractivity contribution in [2.45, 2.75) is 25.7 Å². The number of benzene rings is 1. The third-order valence-corrected chi connectivity index (χ3v) is 6.61. The molecule has 10 heteroatoms. The van der Waals surface area contributed by atoms with E-state index in [-0.39, 0.29) is 17.7 Å². The quantitative estimate of drug-likeness (QED) is 0.133. The van der Waals surface area contributed by atoms with E-state index in [9.17, 15) is 4.39 Å². The second-order valence-corrected chi connectivity index (χ2v) is 9.71. The van der Waals surface area contributed by atoms with Crippen LogP contribution in [0.4, 0.5) is 10.3 Å². The highest BCUT2D eigenvalue weighted by Gasteiger charge is 2.30. The molecular weight excluding hydrogens is 572 g/mol. The molecule has 36 heavy (non-hydrogen) atoms. The fourth-order valence-electron chi connectivity index (χ4n) is 4.51. The van der Waals surface area contributed by atoms with E-state index in [4.69, 9.17) is 10.6 Å². The van der Waals surface area contributed by atoms with Gasteiger partial charge in [0.15, 0.2) is 0 Å². The van der Waals surface area contributed by atoms with Gasteiger partial charge in [0.2, 0.25) is 5.95 Å². The molecule has 1 aromatic carbocycles. The smallest absolute Gasteiger partial charge is 0.220 e. The van der Waals surface area contributed by atoms with Crippen molar-refractivity contribution in [3.8, 4) is 11.1 Å². The Labute approximate surface area is 224 Å². The highest BCUT2D eigenvalue weighted by atomic mass is 127. The van der Waals surface area contributed by atoms with Crippen LogP contribution in [-0.2, 0) is 11.3 Å². The third-order valence-electron chi connectivity index (χ3n) is 6.07. The molecular formula is C26H31FIN7O. The molecule has 0 radical (unpaired) electrons. The van der Waals surface area contributed by atoms with Gasteiger partial charge in [0.05, 0.1) is 17.1 Å². The minimum absolute atomic E-state index is 0.0199. The van der Waals surface area contributed by atoms with Crippen molar-refractivity contribution in [1.82, 2.24) is 25.6 Å². The number of aryl methyl sites for hydroxylation is 1. The molecule has 0 fully saturated rings. The first-order valence-electron chi connectivity index (χ1n) is 12.1. The molecule has 0 saturated heterocycles. The maximum Gasteiger partial charge on any atom is 0.220 e. The fraction of sp³-hybridized carbons (Fsp3) is 0.385. The molecule has 2 aromatic heterocycles. The summed E-state index contributed by atoms with van der Waals surface area (Å²) in [6, 6.07) is 8.70. The van der Waals surface area contributed by atoms with Gasteiger partial charge in [-0.3, -0.25) is 4.98 Å². The molecule has 4 rings (SSSR count). The Hall–Kier alpha value is -2.70. The second-order valence-electron chi connectivity index (χ2n) is 8.63. The predicted molar refractivity (Wildman–Crippen MR) is 149 cm³/mol. The van der Waals surface area contributed by atoms with Gasteiger partial charge in [-0.2, -0.15) is 0 Å². The summed E-state index contributed by atoms with van der Waals surface area (Å²) in [5.74, 6) is -0.0314. The van der Waals surface area contributed by atoms with Gasteiger partial charge >= 0.3 is 0 Å². The Morgan fingerprint density at radius 2 is 1.97 bits per heavy atom. The molecule has 1 unspecified atom stereocenters. The molecule has 190 valence electrons. The minimum Gasteiger partial charge on any atom is -0.394 e. The number of hydrogen-bond acceptors (Lipinski definition) is 8. The molecule has 1 aliphatic rings. The lowest BCUT2D eigenvalue weighted by molar-refractivity contribution is 0.145. The summed E-state index contributed by atoms with van der Waals surface area (Å²) in [5.41, 5.74) is 12.0. The number of nitrogens with two attached hydrogens (primary N) is 1. The number of alkyl halides is 1. The Kier molecular flexibility index (Phi) is 9.54. The zero-order valence-corrected chi connectivity index (χ0v) is 22.5. The van der Waals surface area contributed by atoms with E-state index >= 15 is 0 Å². The lowest BCUT2D eigenvalue weighted by Gasteiger charge is -2.28. The summed E-state index contributed by atoms with van der Waals surface area (Å²) < 4.78 is 15.4. The van der Waals surface area contributed by atoms with Crippen LogP contribution in [-0.4, -0.2) is 57.9 Å². The van der Waals surface area contributed by atoms with Crippen molar-refractivity contribution in [3.63, 3.8) is 0 Å². The van der Waals surface area contributed by atoms with Gasteiger partial charge in [-0.05, 0) is 48.6 Å². The fourth-order valence-corrected chi connectivity index (χ4v) is 4.90. The molecule has 1 atom stereocenters. The van der Waals surface area contributed by atoms with Crippen LogP contribution < -0.4 is 16.4 Å². The topological polar surface area (TPSA) is 110 Å². The molecule has 0 spiro atoms. The van der Waals surface area contributed by atoms with E-state index in [1.54, 1.807) is 18.5 Å². The molecule has 4 N–H and O–H groups in total. The summed E-state index contributed by atoms with van der Waals surface area (Å²) in [6.07, 6.45) is 4.72. The first-order valence-corrected chi connectivity index (χ1v) is 13.6. The van der Waals surface area contributed by atoms with Crippen LogP contribution in [0.15, 0.2) is 47.9 Å². The summed E-state index contributed by atoms with van der Waals surface area (Å²) in [7, 11) is 0. The van der Waals surface area contributed by atoms with E-state index in [1.807, 2.05) is 25.1 Å². The minimum atomic E-state index is -0.287. The van der Waals surface area contributed by atoms with Crippen molar-refractivity contribution < 1.29 is 9.23 Å². The lowest BCUT2D eigenvalue weighted by atomic mass is 9.78. The number of fused-ring (bicyclic) bond motifs is 1. The third kappa shape index (κ3) is 6.74. The van der Waals surface area contributed by atoms with E-state index in [2.05, 4.69) is 53.3 Å². The van der Waals surface area contributed by atoms with Crippen molar-refractivity contribution in [2.24, 2.45) is 5.16 Å². The molecule has 1 aliphatic carbocycles. The summed E-state index contributed by atoms with van der Waals surface area (Å²) in [4.78, 5) is 18.8. The average Bonchev–Trinajstić information content (AvgIpc) is 2.87. The standard InChI is InChI=1S/C26H31FIN7O/c1-17-25-23(34-26(29)33-17)13-19(14-24(25)35-36-12-11-31-10-9-30-8-6-28)21-5-4-20(27)15-22(21)18-3-2-7-32-16-18/h2-5,7,15-16,19,30-31H,6,8-14H2,1H3,(H2,29,33,34)/b35-24+. The van der Waals surface area contributed by atoms with Crippen molar-refractivity contribution in [2.75, 3.05) is 42.9 Å². The van der Waals surface area contributed by atoms with E-state index in [0.29, 0.717) is 26.0 Å². The second kappa shape index (κ2) is 13.0. The summed E-state index contributed by atoms with van der Waals surface area (Å²) in [6.45, 7) is 5.85. The maximum absolute atomic E-state index is 14.3. The molecule has 0 amide bonds. The first kappa shape index (κ1) is 26.4. The van der Waals surface area contributed by atoms with Crippen LogP contribution in [0, 0.1) is 12.7 Å². The maximum atomic E-state index is 14.3.